The minimum atomic E-state index is 0.342. The third-order valence-electron chi connectivity index (χ3n) is 3.05. The predicted molar refractivity (Wildman–Crippen MR) is 79.8 cm³/mol. The van der Waals surface area contributed by atoms with Gasteiger partial charge >= 0.3 is 0 Å². The highest BCUT2D eigenvalue weighted by atomic mass is 32.1. The number of aryl methyl sites for hydroxylation is 1. The van der Waals surface area contributed by atoms with E-state index in [1.807, 2.05) is 0 Å². The molecule has 106 valence electrons. The van der Waals surface area contributed by atoms with Gasteiger partial charge in [0.2, 0.25) is 0 Å². The van der Waals surface area contributed by atoms with E-state index >= 15 is 0 Å². The van der Waals surface area contributed by atoms with Crippen LogP contribution in [0.15, 0.2) is 11.6 Å². The van der Waals surface area contributed by atoms with Crippen LogP contribution in [-0.2, 0) is 11.3 Å². The van der Waals surface area contributed by atoms with Gasteiger partial charge in [-0.25, -0.2) is 4.98 Å². The lowest BCUT2D eigenvalue weighted by molar-refractivity contribution is 0.0760. The minimum Gasteiger partial charge on any atom is -0.379 e. The summed E-state index contributed by atoms with van der Waals surface area (Å²) in [6.45, 7) is 9.00. The van der Waals surface area contributed by atoms with Gasteiger partial charge in [-0.15, -0.1) is 11.3 Å². The first-order valence-electron chi connectivity index (χ1n) is 6.92. The lowest BCUT2D eigenvalue weighted by Gasteiger charge is -2.08. The zero-order valence-electron chi connectivity index (χ0n) is 12.0. The first-order chi connectivity index (χ1) is 9.18. The van der Waals surface area contributed by atoms with Crippen molar-refractivity contribution in [1.29, 1.82) is 0 Å². The molecule has 2 aromatic rings. The number of rotatable bonds is 8. The van der Waals surface area contributed by atoms with Crippen molar-refractivity contribution < 1.29 is 4.74 Å². The van der Waals surface area contributed by atoms with Crippen LogP contribution in [-0.4, -0.2) is 28.6 Å². The molecule has 19 heavy (non-hydrogen) atoms. The molecule has 2 heterocycles. The van der Waals surface area contributed by atoms with E-state index in [-0.39, 0.29) is 0 Å². The summed E-state index contributed by atoms with van der Waals surface area (Å²) in [5.74, 6) is 0. The highest BCUT2D eigenvalue weighted by molar-refractivity contribution is 7.15. The van der Waals surface area contributed by atoms with Crippen molar-refractivity contribution in [2.45, 2.75) is 46.3 Å². The molecule has 0 aliphatic heterocycles. The van der Waals surface area contributed by atoms with E-state index in [4.69, 9.17) is 4.74 Å². The summed E-state index contributed by atoms with van der Waals surface area (Å²) >= 11 is 1.68. The highest BCUT2D eigenvalue weighted by Crippen LogP contribution is 2.16. The van der Waals surface area contributed by atoms with Gasteiger partial charge in [0.05, 0.1) is 17.5 Å². The zero-order chi connectivity index (χ0) is 13.7. The second-order valence-corrected chi connectivity index (χ2v) is 5.88. The number of hydrogen-bond acceptors (Lipinski definition) is 4. The molecule has 5 heteroatoms. The van der Waals surface area contributed by atoms with E-state index in [1.165, 1.54) is 5.69 Å². The number of hydrogen-bond donors (Lipinski definition) is 1. The van der Waals surface area contributed by atoms with Crippen molar-refractivity contribution in [3.63, 3.8) is 0 Å². The van der Waals surface area contributed by atoms with Crippen molar-refractivity contribution >= 4 is 16.3 Å². The van der Waals surface area contributed by atoms with Gasteiger partial charge in [0.1, 0.15) is 0 Å². The maximum atomic E-state index is 5.52. The van der Waals surface area contributed by atoms with Crippen LogP contribution in [0.4, 0.5) is 0 Å². The second-order valence-electron chi connectivity index (χ2n) is 5.00. The smallest absolute Gasteiger partial charge is 0.194 e. The normalized spacial score (nSPS) is 11.8. The summed E-state index contributed by atoms with van der Waals surface area (Å²) in [4.78, 5) is 5.63. The minimum absolute atomic E-state index is 0.342. The molecule has 0 bridgehead atoms. The Bertz CT molecular complexity index is 504. The van der Waals surface area contributed by atoms with E-state index < -0.39 is 0 Å². The fourth-order valence-corrected chi connectivity index (χ4v) is 2.81. The lowest BCUT2D eigenvalue weighted by Crippen LogP contribution is -2.17. The van der Waals surface area contributed by atoms with Gasteiger partial charge in [-0.3, -0.25) is 4.40 Å². The standard InChI is InChI=1S/C14H23N3OS/c1-11(2)18-8-5-4-6-15-10-13-12(3)16-14-17(13)7-9-19-14/h7,9,11,15H,4-6,8,10H2,1-3H3. The summed E-state index contributed by atoms with van der Waals surface area (Å²) < 4.78 is 7.70. The molecule has 2 aromatic heterocycles. The fourth-order valence-electron chi connectivity index (χ4n) is 2.03. The summed E-state index contributed by atoms with van der Waals surface area (Å²) in [7, 11) is 0. The third kappa shape index (κ3) is 4.03. The Morgan fingerprint density at radius 3 is 3.05 bits per heavy atom. The molecule has 0 aromatic carbocycles. The number of imidazole rings is 1. The number of fused-ring (bicyclic) bond motifs is 1. The van der Waals surface area contributed by atoms with Crippen molar-refractivity contribution in [3.05, 3.63) is 23.0 Å². The quantitative estimate of drug-likeness (QED) is 0.756. The van der Waals surface area contributed by atoms with E-state index in [0.717, 1.165) is 43.2 Å². The Kier molecular flexibility index (Phi) is 5.36. The van der Waals surface area contributed by atoms with E-state index in [1.54, 1.807) is 11.3 Å². The number of aromatic nitrogens is 2. The molecule has 0 amide bonds. The third-order valence-corrected chi connectivity index (χ3v) is 3.81. The van der Waals surface area contributed by atoms with E-state index in [0.29, 0.717) is 6.10 Å². The Morgan fingerprint density at radius 2 is 2.26 bits per heavy atom. The first-order valence-corrected chi connectivity index (χ1v) is 7.80. The van der Waals surface area contributed by atoms with Gasteiger partial charge in [-0.1, -0.05) is 0 Å². The van der Waals surface area contributed by atoms with Gasteiger partial charge in [0.15, 0.2) is 4.96 Å². The summed E-state index contributed by atoms with van der Waals surface area (Å²) in [6.07, 6.45) is 4.70. The maximum absolute atomic E-state index is 5.52. The lowest BCUT2D eigenvalue weighted by atomic mass is 10.3. The van der Waals surface area contributed by atoms with Crippen LogP contribution in [0.2, 0.25) is 0 Å². The Hall–Kier alpha value is -0.910. The van der Waals surface area contributed by atoms with Gasteiger partial charge in [-0.05, 0) is 40.2 Å². The molecule has 1 N–H and O–H groups in total. The van der Waals surface area contributed by atoms with Crippen LogP contribution in [0.1, 0.15) is 38.1 Å². The van der Waals surface area contributed by atoms with E-state index in [9.17, 15) is 0 Å². The summed E-state index contributed by atoms with van der Waals surface area (Å²) in [6, 6.07) is 0. The van der Waals surface area contributed by atoms with Gasteiger partial charge in [0, 0.05) is 24.7 Å². The molecular weight excluding hydrogens is 258 g/mol. The molecule has 0 aliphatic rings. The largest absolute Gasteiger partial charge is 0.379 e. The molecule has 4 nitrogen and oxygen atoms in total. The number of nitrogens with zero attached hydrogens (tertiary/aromatic N) is 2. The van der Waals surface area contributed by atoms with Gasteiger partial charge in [-0.2, -0.15) is 0 Å². The van der Waals surface area contributed by atoms with Crippen LogP contribution in [0.3, 0.4) is 0 Å². The molecule has 2 rings (SSSR count). The van der Waals surface area contributed by atoms with Crippen LogP contribution in [0.5, 0.6) is 0 Å². The highest BCUT2D eigenvalue weighted by Gasteiger charge is 2.08. The average molecular weight is 281 g/mol. The number of thiazole rings is 1. The molecular formula is C14H23N3OS. The van der Waals surface area contributed by atoms with Crippen molar-refractivity contribution in [3.8, 4) is 0 Å². The molecule has 0 radical (unpaired) electrons. The number of ether oxygens (including phenoxy) is 1. The van der Waals surface area contributed by atoms with E-state index in [2.05, 4.69) is 47.0 Å². The van der Waals surface area contributed by atoms with Crippen molar-refractivity contribution in [2.75, 3.05) is 13.2 Å². The van der Waals surface area contributed by atoms with Crippen LogP contribution >= 0.6 is 11.3 Å². The Morgan fingerprint density at radius 1 is 1.42 bits per heavy atom. The maximum Gasteiger partial charge on any atom is 0.194 e. The van der Waals surface area contributed by atoms with Crippen LogP contribution in [0.25, 0.3) is 4.96 Å². The predicted octanol–water partition coefficient (Wildman–Crippen LogP) is 3.00. The number of unbranched alkanes of at least 4 members (excludes halogenated alkanes) is 1. The van der Waals surface area contributed by atoms with Crippen LogP contribution < -0.4 is 5.32 Å². The molecule has 0 unspecified atom stereocenters. The average Bonchev–Trinajstić information content (AvgIpc) is 2.89. The summed E-state index contributed by atoms with van der Waals surface area (Å²) in [5, 5.41) is 5.56. The van der Waals surface area contributed by atoms with Crippen LogP contribution in [0, 0.1) is 6.92 Å². The molecule has 0 aliphatic carbocycles. The SMILES string of the molecule is Cc1nc2sccn2c1CNCCCCOC(C)C. The second kappa shape index (κ2) is 7.03. The monoisotopic (exact) mass is 281 g/mol. The first kappa shape index (κ1) is 14.5. The topological polar surface area (TPSA) is 38.6 Å². The summed E-state index contributed by atoms with van der Waals surface area (Å²) in [5.41, 5.74) is 2.40. The molecule has 0 saturated heterocycles. The van der Waals surface area contributed by atoms with Gasteiger partial charge < -0.3 is 10.1 Å². The van der Waals surface area contributed by atoms with Crippen molar-refractivity contribution in [2.24, 2.45) is 0 Å². The zero-order valence-corrected chi connectivity index (χ0v) is 12.8. The molecule has 0 saturated carbocycles. The number of nitrogens with one attached hydrogen (secondary N) is 1. The Labute approximate surface area is 118 Å². The molecule has 0 fully saturated rings. The van der Waals surface area contributed by atoms with Gasteiger partial charge in [0.25, 0.3) is 0 Å². The Balaban J connectivity index is 1.68. The van der Waals surface area contributed by atoms with Crippen molar-refractivity contribution in [1.82, 2.24) is 14.7 Å². The fraction of sp³-hybridized carbons (Fsp3) is 0.643. The molecule has 0 spiro atoms. The molecule has 0 atom stereocenters.